The SMILES string of the molecule is Cc1cccc(CN(C(=O)CN(c2cccc(C)c2C)S(=O)(=O)c2ccccc2)[C@@H](Cc2ccccc2)C(=O)NC2CCCCC2)c1. The Bertz CT molecular complexity index is 1770. The van der Waals surface area contributed by atoms with E-state index >= 15 is 0 Å². The Morgan fingerprint density at radius 1 is 0.787 bits per heavy atom. The first kappa shape index (κ1) is 33.9. The van der Waals surface area contributed by atoms with Crippen LogP contribution >= 0.6 is 0 Å². The maximum atomic E-state index is 14.8. The number of nitrogens with zero attached hydrogens (tertiary/aromatic N) is 2. The Morgan fingerprint density at radius 2 is 1.43 bits per heavy atom. The van der Waals surface area contributed by atoms with Crippen molar-refractivity contribution in [3.63, 3.8) is 0 Å². The molecule has 8 heteroatoms. The lowest BCUT2D eigenvalue weighted by Gasteiger charge is -2.35. The minimum absolute atomic E-state index is 0.0512. The smallest absolute Gasteiger partial charge is 0.264 e. The van der Waals surface area contributed by atoms with Crippen LogP contribution in [0.1, 0.15) is 59.9 Å². The molecule has 0 heterocycles. The van der Waals surface area contributed by atoms with Crippen LogP contribution in [-0.4, -0.2) is 43.8 Å². The Kier molecular flexibility index (Phi) is 11.1. The maximum absolute atomic E-state index is 14.8. The molecule has 1 aliphatic carbocycles. The minimum atomic E-state index is -4.14. The van der Waals surface area contributed by atoms with Crippen molar-refractivity contribution in [3.8, 4) is 0 Å². The number of rotatable bonds is 12. The number of carbonyl (C=O) groups is 2. The van der Waals surface area contributed by atoms with Gasteiger partial charge in [0.1, 0.15) is 12.6 Å². The number of hydrogen-bond donors (Lipinski definition) is 1. The summed E-state index contributed by atoms with van der Waals surface area (Å²) in [5, 5.41) is 3.26. The van der Waals surface area contributed by atoms with Gasteiger partial charge in [-0.25, -0.2) is 8.42 Å². The lowest BCUT2D eigenvalue weighted by molar-refractivity contribution is -0.140. The molecule has 246 valence electrons. The van der Waals surface area contributed by atoms with Crippen LogP contribution in [0.5, 0.6) is 0 Å². The highest BCUT2D eigenvalue weighted by molar-refractivity contribution is 7.92. The van der Waals surface area contributed by atoms with E-state index in [4.69, 9.17) is 0 Å². The van der Waals surface area contributed by atoms with E-state index < -0.39 is 28.5 Å². The summed E-state index contributed by atoms with van der Waals surface area (Å²) in [5.41, 5.74) is 4.93. The van der Waals surface area contributed by atoms with Crippen molar-refractivity contribution in [1.82, 2.24) is 10.2 Å². The molecule has 1 N–H and O–H groups in total. The number of hydrogen-bond acceptors (Lipinski definition) is 4. The minimum Gasteiger partial charge on any atom is -0.352 e. The van der Waals surface area contributed by atoms with Gasteiger partial charge in [0, 0.05) is 19.0 Å². The summed E-state index contributed by atoms with van der Waals surface area (Å²) in [7, 11) is -4.14. The Morgan fingerprint density at radius 3 is 2.11 bits per heavy atom. The molecule has 4 aromatic carbocycles. The third-order valence-corrected chi connectivity index (χ3v) is 10.9. The van der Waals surface area contributed by atoms with Crippen molar-refractivity contribution in [2.24, 2.45) is 0 Å². The first-order valence-corrected chi connectivity index (χ1v) is 17.9. The van der Waals surface area contributed by atoms with Gasteiger partial charge >= 0.3 is 0 Å². The summed E-state index contributed by atoms with van der Waals surface area (Å²) in [5.74, 6) is -0.669. The van der Waals surface area contributed by atoms with Gasteiger partial charge in [-0.15, -0.1) is 0 Å². The first-order chi connectivity index (χ1) is 22.6. The zero-order valence-corrected chi connectivity index (χ0v) is 28.4. The third kappa shape index (κ3) is 8.49. The highest BCUT2D eigenvalue weighted by atomic mass is 32.2. The molecule has 0 spiro atoms. The van der Waals surface area contributed by atoms with Crippen molar-refractivity contribution in [3.05, 3.63) is 131 Å². The summed E-state index contributed by atoms with van der Waals surface area (Å²) in [6.07, 6.45) is 5.38. The average Bonchev–Trinajstić information content (AvgIpc) is 3.08. The highest BCUT2D eigenvalue weighted by Crippen LogP contribution is 2.29. The molecule has 7 nitrogen and oxygen atoms in total. The molecule has 0 aliphatic heterocycles. The zero-order chi connectivity index (χ0) is 33.4. The van der Waals surface area contributed by atoms with E-state index in [1.807, 2.05) is 81.4 Å². The number of amides is 2. The number of carbonyl (C=O) groups excluding carboxylic acids is 2. The zero-order valence-electron chi connectivity index (χ0n) is 27.6. The number of anilines is 1. The van der Waals surface area contributed by atoms with Gasteiger partial charge in [0.2, 0.25) is 11.8 Å². The molecule has 0 unspecified atom stereocenters. The molecule has 2 amide bonds. The van der Waals surface area contributed by atoms with Crippen LogP contribution in [0, 0.1) is 20.8 Å². The predicted octanol–water partition coefficient (Wildman–Crippen LogP) is 6.90. The molecule has 0 aromatic heterocycles. The lowest BCUT2D eigenvalue weighted by atomic mass is 9.94. The van der Waals surface area contributed by atoms with E-state index in [-0.39, 0.29) is 23.4 Å². The topological polar surface area (TPSA) is 86.8 Å². The number of nitrogens with one attached hydrogen (secondary N) is 1. The van der Waals surface area contributed by atoms with E-state index in [1.165, 1.54) is 16.4 Å². The van der Waals surface area contributed by atoms with Crippen LogP contribution in [0.25, 0.3) is 0 Å². The third-order valence-electron chi connectivity index (χ3n) is 9.11. The van der Waals surface area contributed by atoms with Crippen molar-refractivity contribution in [1.29, 1.82) is 0 Å². The van der Waals surface area contributed by atoms with Crippen LogP contribution in [0.15, 0.2) is 108 Å². The van der Waals surface area contributed by atoms with Crippen LogP contribution < -0.4 is 9.62 Å². The van der Waals surface area contributed by atoms with E-state index in [0.717, 1.165) is 59.9 Å². The van der Waals surface area contributed by atoms with Gasteiger partial charge in [-0.3, -0.25) is 13.9 Å². The molecule has 47 heavy (non-hydrogen) atoms. The summed E-state index contributed by atoms with van der Waals surface area (Å²) in [6.45, 7) is 5.46. The van der Waals surface area contributed by atoms with Gasteiger partial charge in [-0.1, -0.05) is 110 Å². The fourth-order valence-corrected chi connectivity index (χ4v) is 7.84. The number of benzene rings is 4. The second-order valence-electron chi connectivity index (χ2n) is 12.6. The molecular formula is C39H45N3O4S. The van der Waals surface area contributed by atoms with E-state index in [9.17, 15) is 18.0 Å². The Hall–Kier alpha value is -4.43. The number of sulfonamides is 1. The van der Waals surface area contributed by atoms with Crippen molar-refractivity contribution in [2.75, 3.05) is 10.8 Å². The van der Waals surface area contributed by atoms with Crippen molar-refractivity contribution >= 4 is 27.5 Å². The molecule has 1 atom stereocenters. The average molecular weight is 652 g/mol. The highest BCUT2D eigenvalue weighted by Gasteiger charge is 2.36. The van der Waals surface area contributed by atoms with E-state index in [0.29, 0.717) is 12.1 Å². The molecule has 0 bridgehead atoms. The maximum Gasteiger partial charge on any atom is 0.264 e. The molecule has 4 aromatic rings. The molecular weight excluding hydrogens is 607 g/mol. The Labute approximate surface area is 279 Å². The van der Waals surface area contributed by atoms with Gasteiger partial charge in [0.25, 0.3) is 10.0 Å². The largest absolute Gasteiger partial charge is 0.352 e. The summed E-state index contributed by atoms with van der Waals surface area (Å²) < 4.78 is 29.8. The van der Waals surface area contributed by atoms with Crippen molar-refractivity contribution < 1.29 is 18.0 Å². The van der Waals surface area contributed by atoms with Crippen LogP contribution in [-0.2, 0) is 32.6 Å². The van der Waals surface area contributed by atoms with Gasteiger partial charge in [-0.2, -0.15) is 0 Å². The number of aryl methyl sites for hydroxylation is 2. The monoisotopic (exact) mass is 651 g/mol. The van der Waals surface area contributed by atoms with Crippen LogP contribution in [0.2, 0.25) is 0 Å². The summed E-state index contributed by atoms with van der Waals surface area (Å²) in [4.78, 5) is 30.7. The predicted molar refractivity (Wildman–Crippen MR) is 188 cm³/mol. The quantitative estimate of drug-likeness (QED) is 0.181. The fourth-order valence-electron chi connectivity index (χ4n) is 6.34. The summed E-state index contributed by atoms with van der Waals surface area (Å²) >= 11 is 0. The molecule has 1 fully saturated rings. The van der Waals surface area contributed by atoms with Gasteiger partial charge in [0.05, 0.1) is 10.6 Å². The molecule has 1 aliphatic rings. The molecule has 5 rings (SSSR count). The van der Waals surface area contributed by atoms with Crippen molar-refractivity contribution in [2.45, 2.75) is 82.8 Å². The van der Waals surface area contributed by atoms with Gasteiger partial charge in [0.15, 0.2) is 0 Å². The summed E-state index contributed by atoms with van der Waals surface area (Å²) in [6, 6.07) is 30.4. The second-order valence-corrected chi connectivity index (χ2v) is 14.5. The molecule has 0 radical (unpaired) electrons. The molecule has 0 saturated heterocycles. The molecule has 1 saturated carbocycles. The lowest BCUT2D eigenvalue weighted by Crippen LogP contribution is -2.55. The Balaban J connectivity index is 1.58. The second kappa shape index (κ2) is 15.4. The van der Waals surface area contributed by atoms with E-state index in [2.05, 4.69) is 5.32 Å². The van der Waals surface area contributed by atoms with Gasteiger partial charge < -0.3 is 10.2 Å². The first-order valence-electron chi connectivity index (χ1n) is 16.5. The van der Waals surface area contributed by atoms with E-state index in [1.54, 1.807) is 35.2 Å². The van der Waals surface area contributed by atoms with Gasteiger partial charge in [-0.05, 0) is 74.1 Å². The normalized spacial score (nSPS) is 14.3. The fraction of sp³-hybridized carbons (Fsp3) is 0.333. The standard InChI is InChI=1S/C39H45N3O4S/c1-29-15-13-19-33(25-29)27-41(37(26-32-17-7-4-8-18-32)39(44)40-34-20-9-5-10-21-34)38(43)28-42(36-24-14-16-30(2)31(36)3)47(45,46)35-22-11-6-12-23-35/h4,6-8,11-19,22-25,34,37H,5,9-10,20-21,26-28H2,1-3H3,(H,40,44)/t37-/m0/s1. The van der Waals surface area contributed by atoms with Crippen LogP contribution in [0.4, 0.5) is 5.69 Å². The van der Waals surface area contributed by atoms with Crippen LogP contribution in [0.3, 0.4) is 0 Å².